The minimum Gasteiger partial charge on any atom is -0.480 e. The predicted octanol–water partition coefficient (Wildman–Crippen LogP) is 1.71. The monoisotopic (exact) mass is 268 g/mol. The average Bonchev–Trinajstić information content (AvgIpc) is 2.33. The minimum absolute atomic E-state index is 0.208. The molecule has 0 unspecified atom stereocenters. The quantitative estimate of drug-likeness (QED) is 0.778. The second kappa shape index (κ2) is 6.17. The Morgan fingerprint density at radius 1 is 1.32 bits per heavy atom. The minimum atomic E-state index is -1.11. The van der Waals surface area contributed by atoms with Crippen LogP contribution in [0.4, 0.5) is 9.18 Å². The third-order valence-electron chi connectivity index (χ3n) is 2.67. The van der Waals surface area contributed by atoms with Gasteiger partial charge in [0.2, 0.25) is 0 Å². The van der Waals surface area contributed by atoms with E-state index < -0.39 is 18.0 Å². The number of amides is 2. The normalized spacial score (nSPS) is 11.8. The number of carbonyl (C=O) groups is 2. The molecule has 0 radical (unpaired) electrons. The van der Waals surface area contributed by atoms with E-state index in [2.05, 4.69) is 10.6 Å². The molecule has 0 aromatic heterocycles. The molecule has 0 aliphatic rings. The standard InChI is InChI=1S/C13H17FN2O3/c1-7-4-10(5-8(2)11(7)14)6-15-13(19)16-9(3)12(17)18/h4-5,9H,6H2,1-3H3,(H,17,18)(H2,15,16,19)/t9-/m1/s1. The summed E-state index contributed by atoms with van der Waals surface area (Å²) in [5.41, 5.74) is 1.78. The van der Waals surface area contributed by atoms with Crippen LogP contribution < -0.4 is 10.6 Å². The fourth-order valence-electron chi connectivity index (χ4n) is 1.63. The maximum absolute atomic E-state index is 13.4. The lowest BCUT2D eigenvalue weighted by atomic mass is 10.1. The van der Waals surface area contributed by atoms with Crippen molar-refractivity contribution in [1.29, 1.82) is 0 Å². The second-order valence-electron chi connectivity index (χ2n) is 4.43. The van der Waals surface area contributed by atoms with Gasteiger partial charge in [0.25, 0.3) is 0 Å². The van der Waals surface area contributed by atoms with Crippen LogP contribution in [0.15, 0.2) is 12.1 Å². The van der Waals surface area contributed by atoms with Crippen LogP contribution in [-0.2, 0) is 11.3 Å². The molecule has 0 heterocycles. The topological polar surface area (TPSA) is 78.4 Å². The Labute approximate surface area is 110 Å². The maximum Gasteiger partial charge on any atom is 0.325 e. The molecule has 3 N–H and O–H groups in total. The maximum atomic E-state index is 13.4. The SMILES string of the molecule is Cc1cc(CNC(=O)N[C@H](C)C(=O)O)cc(C)c1F. The van der Waals surface area contributed by atoms with E-state index in [0.29, 0.717) is 11.1 Å². The number of nitrogens with one attached hydrogen (secondary N) is 2. The summed E-state index contributed by atoms with van der Waals surface area (Å²) in [6.07, 6.45) is 0. The largest absolute Gasteiger partial charge is 0.480 e. The highest BCUT2D eigenvalue weighted by Crippen LogP contribution is 2.14. The van der Waals surface area contributed by atoms with Crippen LogP contribution in [-0.4, -0.2) is 23.1 Å². The van der Waals surface area contributed by atoms with E-state index in [4.69, 9.17) is 5.11 Å². The zero-order chi connectivity index (χ0) is 14.6. The van der Waals surface area contributed by atoms with Crippen molar-refractivity contribution in [1.82, 2.24) is 10.6 Å². The molecular formula is C13H17FN2O3. The first-order valence-corrected chi connectivity index (χ1v) is 5.84. The van der Waals surface area contributed by atoms with Gasteiger partial charge in [-0.25, -0.2) is 9.18 Å². The lowest BCUT2D eigenvalue weighted by Crippen LogP contribution is -2.44. The highest BCUT2D eigenvalue weighted by molar-refractivity contribution is 5.82. The molecule has 0 aliphatic carbocycles. The number of aliphatic carboxylic acids is 1. The third-order valence-corrected chi connectivity index (χ3v) is 2.67. The van der Waals surface area contributed by atoms with Gasteiger partial charge in [0.1, 0.15) is 11.9 Å². The van der Waals surface area contributed by atoms with Crippen molar-refractivity contribution in [2.75, 3.05) is 0 Å². The van der Waals surface area contributed by atoms with Crippen molar-refractivity contribution >= 4 is 12.0 Å². The zero-order valence-corrected chi connectivity index (χ0v) is 11.1. The Morgan fingerprint density at radius 2 is 1.84 bits per heavy atom. The number of hydrogen-bond acceptors (Lipinski definition) is 2. The van der Waals surface area contributed by atoms with Gasteiger partial charge in [-0.05, 0) is 37.5 Å². The number of carbonyl (C=O) groups excluding carboxylic acids is 1. The Kier molecular flexibility index (Phi) is 4.86. The van der Waals surface area contributed by atoms with Crippen LogP contribution in [0.1, 0.15) is 23.6 Å². The van der Waals surface area contributed by atoms with Crippen molar-refractivity contribution in [2.24, 2.45) is 0 Å². The predicted molar refractivity (Wildman–Crippen MR) is 68.3 cm³/mol. The Hall–Kier alpha value is -2.11. The number of benzene rings is 1. The molecule has 19 heavy (non-hydrogen) atoms. The number of carboxylic acids is 1. The summed E-state index contributed by atoms with van der Waals surface area (Å²) in [5.74, 6) is -1.36. The summed E-state index contributed by atoms with van der Waals surface area (Å²) >= 11 is 0. The van der Waals surface area contributed by atoms with Gasteiger partial charge in [0.05, 0.1) is 0 Å². The highest BCUT2D eigenvalue weighted by atomic mass is 19.1. The number of aryl methyl sites for hydroxylation is 2. The van der Waals surface area contributed by atoms with E-state index in [1.165, 1.54) is 6.92 Å². The van der Waals surface area contributed by atoms with Crippen LogP contribution in [0.3, 0.4) is 0 Å². The summed E-state index contributed by atoms with van der Waals surface area (Å²) in [5, 5.41) is 13.4. The van der Waals surface area contributed by atoms with Gasteiger partial charge in [0.15, 0.2) is 0 Å². The summed E-state index contributed by atoms with van der Waals surface area (Å²) in [6, 6.07) is 1.75. The second-order valence-corrected chi connectivity index (χ2v) is 4.43. The first-order chi connectivity index (χ1) is 8.81. The Balaban J connectivity index is 2.58. The van der Waals surface area contributed by atoms with E-state index in [-0.39, 0.29) is 12.4 Å². The summed E-state index contributed by atoms with van der Waals surface area (Å²) in [4.78, 5) is 22.0. The van der Waals surface area contributed by atoms with Crippen LogP contribution in [0, 0.1) is 19.7 Å². The highest BCUT2D eigenvalue weighted by Gasteiger charge is 2.13. The van der Waals surface area contributed by atoms with Gasteiger partial charge >= 0.3 is 12.0 Å². The van der Waals surface area contributed by atoms with Gasteiger partial charge in [0, 0.05) is 6.54 Å². The number of carboxylic acid groups (broad SMARTS) is 1. The van der Waals surface area contributed by atoms with Crippen LogP contribution in [0.25, 0.3) is 0 Å². The summed E-state index contributed by atoms with van der Waals surface area (Å²) in [7, 11) is 0. The van der Waals surface area contributed by atoms with Gasteiger partial charge in [-0.15, -0.1) is 0 Å². The van der Waals surface area contributed by atoms with Gasteiger partial charge < -0.3 is 15.7 Å². The zero-order valence-electron chi connectivity index (χ0n) is 11.1. The Bertz CT molecular complexity index is 480. The molecule has 5 nitrogen and oxygen atoms in total. The molecule has 0 spiro atoms. The lowest BCUT2D eigenvalue weighted by Gasteiger charge is -2.11. The summed E-state index contributed by atoms with van der Waals surface area (Å²) < 4.78 is 13.4. The molecule has 6 heteroatoms. The van der Waals surface area contributed by atoms with Gasteiger partial charge in [-0.1, -0.05) is 12.1 Å². The molecule has 1 atom stereocenters. The molecule has 0 saturated carbocycles. The lowest BCUT2D eigenvalue weighted by molar-refractivity contribution is -0.138. The van der Waals surface area contributed by atoms with Crippen molar-refractivity contribution < 1.29 is 19.1 Å². The molecule has 1 aromatic rings. The molecule has 1 rings (SSSR count). The van der Waals surface area contributed by atoms with Crippen molar-refractivity contribution in [3.8, 4) is 0 Å². The fourth-order valence-corrected chi connectivity index (χ4v) is 1.63. The smallest absolute Gasteiger partial charge is 0.325 e. The number of halogens is 1. The van der Waals surface area contributed by atoms with E-state index in [0.717, 1.165) is 5.56 Å². The molecule has 0 saturated heterocycles. The Morgan fingerprint density at radius 3 is 2.32 bits per heavy atom. The molecule has 0 fully saturated rings. The molecule has 1 aromatic carbocycles. The molecular weight excluding hydrogens is 251 g/mol. The van der Waals surface area contributed by atoms with Crippen LogP contribution >= 0.6 is 0 Å². The third kappa shape index (κ3) is 4.24. The van der Waals surface area contributed by atoms with Gasteiger partial charge in [-0.2, -0.15) is 0 Å². The van der Waals surface area contributed by atoms with E-state index in [9.17, 15) is 14.0 Å². The first-order valence-electron chi connectivity index (χ1n) is 5.84. The van der Waals surface area contributed by atoms with E-state index in [1.54, 1.807) is 26.0 Å². The number of urea groups is 1. The van der Waals surface area contributed by atoms with Crippen molar-refractivity contribution in [3.63, 3.8) is 0 Å². The van der Waals surface area contributed by atoms with Crippen LogP contribution in [0.5, 0.6) is 0 Å². The number of hydrogen-bond donors (Lipinski definition) is 3. The molecule has 104 valence electrons. The van der Waals surface area contributed by atoms with Crippen LogP contribution in [0.2, 0.25) is 0 Å². The average molecular weight is 268 g/mol. The van der Waals surface area contributed by atoms with E-state index >= 15 is 0 Å². The molecule has 0 aliphatic heterocycles. The van der Waals surface area contributed by atoms with Crippen molar-refractivity contribution in [3.05, 3.63) is 34.6 Å². The molecule has 0 bridgehead atoms. The number of rotatable bonds is 4. The fraction of sp³-hybridized carbons (Fsp3) is 0.385. The van der Waals surface area contributed by atoms with E-state index in [1.807, 2.05) is 0 Å². The first kappa shape index (κ1) is 14.9. The van der Waals surface area contributed by atoms with Gasteiger partial charge in [-0.3, -0.25) is 4.79 Å². The molecule has 2 amide bonds. The summed E-state index contributed by atoms with van der Waals surface area (Å²) in [6.45, 7) is 4.88. The van der Waals surface area contributed by atoms with Crippen molar-refractivity contribution in [2.45, 2.75) is 33.4 Å².